The second-order valence-corrected chi connectivity index (χ2v) is 16.2. The number of aryl methyl sites for hydroxylation is 4. The molecule has 334 valence electrons. The van der Waals surface area contributed by atoms with E-state index < -0.39 is 0 Å². The standard InChI is InChI=1S/C25H24.C19H16.C15H17N.C7H8/c1-3-5-6-7-9-13-22-16-18-23(19-17-22)20-21-24(12-4-2)25-14-10-8-11-15-25;1-15-7-9-17(10-8-15)19-13-11-18(12-14-19)16-5-3-2-4-6-16;1-11-4-6-13(7-5-11)15-9-8-14(16-3)10-12(15)2;1-7-5-3-2-4-6-7/h3-12,14-21H,1-2,13H2;2-14H,1H3;4-10,16H,1-3H3;2-6H,1H3/b6-5-,9-7-,21-20-,24-12+;;;. The van der Waals surface area contributed by atoms with Crippen LogP contribution in [0.3, 0.4) is 0 Å². The Bertz CT molecular complexity index is 2790. The molecule has 0 atom stereocenters. The number of nitrogens with one attached hydrogen (secondary N) is 1. The third kappa shape index (κ3) is 17.5. The SMILES string of the molecule is C=C/C=C\C=C/Cc1ccc(/C=C\C(=C/C=C)c2ccccc2)cc1.CNc1ccc(-c2ccc(C)cc2)c(C)c1.Cc1ccc(-c2ccc(-c3ccccc3)cc2)cc1.Cc1ccccc1. The molecule has 8 aromatic carbocycles. The minimum atomic E-state index is 0.928. The molecular formula is C66H65N. The fourth-order valence-electron chi connectivity index (χ4n) is 7.02. The van der Waals surface area contributed by atoms with E-state index in [-0.39, 0.29) is 0 Å². The second kappa shape index (κ2) is 28.0. The molecule has 0 bridgehead atoms. The molecule has 1 nitrogen and oxygen atoms in total. The van der Waals surface area contributed by atoms with Gasteiger partial charge in [0.25, 0.3) is 0 Å². The highest BCUT2D eigenvalue weighted by atomic mass is 14.8. The first-order valence-corrected chi connectivity index (χ1v) is 22.9. The van der Waals surface area contributed by atoms with Crippen molar-refractivity contribution < 1.29 is 0 Å². The van der Waals surface area contributed by atoms with Crippen molar-refractivity contribution in [1.29, 1.82) is 0 Å². The van der Waals surface area contributed by atoms with Gasteiger partial charge in [-0.1, -0.05) is 279 Å². The average Bonchev–Trinajstić information content (AvgIpc) is 3.37. The van der Waals surface area contributed by atoms with E-state index in [0.29, 0.717) is 0 Å². The van der Waals surface area contributed by atoms with Crippen molar-refractivity contribution in [3.8, 4) is 33.4 Å². The smallest absolute Gasteiger partial charge is 0.0340 e. The summed E-state index contributed by atoms with van der Waals surface area (Å²) < 4.78 is 0. The Hall–Kier alpha value is -8.00. The summed E-state index contributed by atoms with van der Waals surface area (Å²) in [7, 11) is 1.94. The van der Waals surface area contributed by atoms with Crippen LogP contribution in [0.1, 0.15) is 38.9 Å². The molecular weight excluding hydrogens is 807 g/mol. The predicted molar refractivity (Wildman–Crippen MR) is 296 cm³/mol. The summed E-state index contributed by atoms with van der Waals surface area (Å²) in [5.41, 5.74) is 18.8. The van der Waals surface area contributed by atoms with E-state index in [2.05, 4.69) is 228 Å². The number of hydrogen-bond acceptors (Lipinski definition) is 1. The van der Waals surface area contributed by atoms with E-state index in [9.17, 15) is 0 Å². The third-order valence-electron chi connectivity index (χ3n) is 10.9. The van der Waals surface area contributed by atoms with Crippen LogP contribution in [0.5, 0.6) is 0 Å². The van der Waals surface area contributed by atoms with Crippen molar-refractivity contribution in [2.75, 3.05) is 12.4 Å². The molecule has 8 rings (SSSR count). The largest absolute Gasteiger partial charge is 0.388 e. The molecule has 0 fully saturated rings. The predicted octanol–water partition coefficient (Wildman–Crippen LogP) is 18.1. The monoisotopic (exact) mass is 872 g/mol. The molecule has 1 heteroatoms. The zero-order valence-corrected chi connectivity index (χ0v) is 39.9. The van der Waals surface area contributed by atoms with Gasteiger partial charge in [-0.15, -0.1) is 0 Å². The summed E-state index contributed by atoms with van der Waals surface area (Å²) in [5.74, 6) is 0. The highest BCUT2D eigenvalue weighted by molar-refractivity contribution is 5.80. The maximum atomic E-state index is 3.81. The van der Waals surface area contributed by atoms with E-state index in [1.807, 2.05) is 79.9 Å². The van der Waals surface area contributed by atoms with Crippen LogP contribution >= 0.6 is 0 Å². The van der Waals surface area contributed by atoms with Gasteiger partial charge in [0.2, 0.25) is 0 Å². The van der Waals surface area contributed by atoms with Crippen molar-refractivity contribution in [2.45, 2.75) is 34.1 Å². The maximum absolute atomic E-state index is 3.81. The first-order chi connectivity index (χ1) is 32.8. The van der Waals surface area contributed by atoms with Gasteiger partial charge in [-0.2, -0.15) is 0 Å². The van der Waals surface area contributed by atoms with E-state index in [0.717, 1.165) is 17.7 Å². The molecule has 0 aliphatic carbocycles. The normalized spacial score (nSPS) is 10.9. The van der Waals surface area contributed by atoms with Crippen LogP contribution in [0, 0.1) is 27.7 Å². The summed E-state index contributed by atoms with van der Waals surface area (Å²) in [6, 6.07) is 72.2. The van der Waals surface area contributed by atoms with E-state index in [1.54, 1.807) is 6.08 Å². The fourth-order valence-corrected chi connectivity index (χ4v) is 7.02. The lowest BCUT2D eigenvalue weighted by Gasteiger charge is -2.09. The lowest BCUT2D eigenvalue weighted by Crippen LogP contribution is -1.90. The van der Waals surface area contributed by atoms with Gasteiger partial charge in [0.1, 0.15) is 0 Å². The van der Waals surface area contributed by atoms with Gasteiger partial charge in [-0.3, -0.25) is 0 Å². The van der Waals surface area contributed by atoms with Crippen molar-refractivity contribution in [3.63, 3.8) is 0 Å². The lowest BCUT2D eigenvalue weighted by atomic mass is 9.99. The Labute approximate surface area is 402 Å². The number of anilines is 1. The third-order valence-corrected chi connectivity index (χ3v) is 10.9. The molecule has 0 heterocycles. The molecule has 0 saturated carbocycles. The molecule has 0 amide bonds. The summed E-state index contributed by atoms with van der Waals surface area (Å²) >= 11 is 0. The van der Waals surface area contributed by atoms with Gasteiger partial charge in [-0.05, 0) is 107 Å². The molecule has 67 heavy (non-hydrogen) atoms. The van der Waals surface area contributed by atoms with Crippen LogP contribution in [0.15, 0.2) is 268 Å². The van der Waals surface area contributed by atoms with Gasteiger partial charge in [0.15, 0.2) is 0 Å². The molecule has 0 aromatic heterocycles. The molecule has 0 unspecified atom stereocenters. The highest BCUT2D eigenvalue weighted by Crippen LogP contribution is 2.27. The number of benzene rings is 8. The zero-order chi connectivity index (χ0) is 47.5. The molecule has 0 radical (unpaired) electrons. The van der Waals surface area contributed by atoms with Crippen LogP contribution in [0.25, 0.3) is 45.0 Å². The average molecular weight is 872 g/mol. The maximum Gasteiger partial charge on any atom is 0.0340 e. The first kappa shape index (κ1) is 50.0. The number of hydrogen-bond donors (Lipinski definition) is 1. The first-order valence-electron chi connectivity index (χ1n) is 22.9. The lowest BCUT2D eigenvalue weighted by molar-refractivity contribution is 1.27. The molecule has 1 N–H and O–H groups in total. The van der Waals surface area contributed by atoms with Gasteiger partial charge >= 0.3 is 0 Å². The van der Waals surface area contributed by atoms with Crippen molar-refractivity contribution in [1.82, 2.24) is 0 Å². The minimum Gasteiger partial charge on any atom is -0.388 e. The van der Waals surface area contributed by atoms with Crippen LogP contribution in [-0.4, -0.2) is 7.05 Å². The van der Waals surface area contributed by atoms with E-state index in [4.69, 9.17) is 0 Å². The summed E-state index contributed by atoms with van der Waals surface area (Å²) in [4.78, 5) is 0. The van der Waals surface area contributed by atoms with Crippen molar-refractivity contribution >= 4 is 17.3 Å². The number of allylic oxidation sites excluding steroid dienone is 9. The Morgan fingerprint density at radius 1 is 0.463 bits per heavy atom. The minimum absolute atomic E-state index is 0.928. The van der Waals surface area contributed by atoms with Crippen LogP contribution < -0.4 is 5.32 Å². The van der Waals surface area contributed by atoms with Gasteiger partial charge in [-0.25, -0.2) is 0 Å². The zero-order valence-electron chi connectivity index (χ0n) is 39.9. The van der Waals surface area contributed by atoms with Gasteiger partial charge < -0.3 is 5.32 Å². The van der Waals surface area contributed by atoms with Crippen molar-refractivity contribution in [3.05, 3.63) is 307 Å². The van der Waals surface area contributed by atoms with Gasteiger partial charge in [0.05, 0.1) is 0 Å². The topological polar surface area (TPSA) is 12.0 Å². The summed E-state index contributed by atoms with van der Waals surface area (Å²) in [6.45, 7) is 15.9. The molecule has 0 spiro atoms. The Balaban J connectivity index is 0.000000178. The number of rotatable bonds is 12. The quantitative estimate of drug-likeness (QED) is 0.121. The Morgan fingerprint density at radius 2 is 0.955 bits per heavy atom. The van der Waals surface area contributed by atoms with E-state index >= 15 is 0 Å². The van der Waals surface area contributed by atoms with Gasteiger partial charge in [0, 0.05) is 12.7 Å². The van der Waals surface area contributed by atoms with Crippen LogP contribution in [0.2, 0.25) is 0 Å². The Kier molecular flexibility index (Phi) is 20.9. The summed E-state index contributed by atoms with van der Waals surface area (Å²) in [6.07, 6.45) is 18.9. The highest BCUT2D eigenvalue weighted by Gasteiger charge is 2.03. The van der Waals surface area contributed by atoms with E-state index in [1.165, 1.54) is 72.3 Å². The van der Waals surface area contributed by atoms with Crippen LogP contribution in [0.4, 0.5) is 5.69 Å². The summed E-state index contributed by atoms with van der Waals surface area (Å²) in [5, 5.41) is 3.16. The Morgan fingerprint density at radius 3 is 1.45 bits per heavy atom. The fraction of sp³-hybridized carbons (Fsp3) is 0.0909. The molecule has 0 aliphatic rings. The molecule has 0 saturated heterocycles. The second-order valence-electron chi connectivity index (χ2n) is 16.2. The van der Waals surface area contributed by atoms with Crippen molar-refractivity contribution in [2.24, 2.45) is 0 Å². The molecule has 0 aliphatic heterocycles. The van der Waals surface area contributed by atoms with Crippen LogP contribution in [-0.2, 0) is 6.42 Å². The molecule has 8 aromatic rings.